The van der Waals surface area contributed by atoms with Gasteiger partial charge in [0.25, 0.3) is 0 Å². The lowest BCUT2D eigenvalue weighted by Gasteiger charge is -2.20. The number of hydrogen-bond acceptors (Lipinski definition) is 2. The summed E-state index contributed by atoms with van der Waals surface area (Å²) in [5.41, 5.74) is 0.910. The number of rotatable bonds is 4. The first-order chi connectivity index (χ1) is 9.35. The Bertz CT molecular complexity index is 587. The number of benzene rings is 1. The molecule has 0 aliphatic heterocycles. The van der Waals surface area contributed by atoms with Crippen molar-refractivity contribution in [2.24, 2.45) is 0 Å². The third-order valence-electron chi connectivity index (χ3n) is 2.93. The Hall–Kier alpha value is -1.39. The first-order valence-corrected chi connectivity index (χ1v) is 6.92. The Morgan fingerprint density at radius 1 is 1.35 bits per heavy atom. The number of aromatic nitrogens is 2. The van der Waals surface area contributed by atoms with Gasteiger partial charge in [-0.1, -0.05) is 17.7 Å². The van der Waals surface area contributed by atoms with Gasteiger partial charge in [0.2, 0.25) is 0 Å². The number of imidazole rings is 1. The molecule has 0 fully saturated rings. The molecule has 0 radical (unpaired) electrons. The first kappa shape index (κ1) is 15.0. The molecule has 1 aromatic carbocycles. The van der Waals surface area contributed by atoms with E-state index in [1.807, 2.05) is 10.8 Å². The second-order valence-electron chi connectivity index (χ2n) is 5.81. The molecule has 0 saturated carbocycles. The summed E-state index contributed by atoms with van der Waals surface area (Å²) >= 11 is 6.06. The Kier molecular flexibility index (Phi) is 4.45. The van der Waals surface area contributed by atoms with E-state index >= 15 is 0 Å². The molecule has 2 aromatic rings. The highest BCUT2D eigenvalue weighted by Crippen LogP contribution is 2.19. The van der Waals surface area contributed by atoms with Crippen LogP contribution in [-0.4, -0.2) is 15.1 Å². The number of halogens is 2. The fourth-order valence-corrected chi connectivity index (χ4v) is 2.06. The Morgan fingerprint density at radius 3 is 2.75 bits per heavy atom. The lowest BCUT2D eigenvalue weighted by atomic mass is 10.1. The lowest BCUT2D eigenvalue weighted by Crippen LogP contribution is -2.36. The van der Waals surface area contributed by atoms with E-state index in [-0.39, 0.29) is 11.4 Å². The van der Waals surface area contributed by atoms with Crippen molar-refractivity contribution in [3.63, 3.8) is 0 Å². The van der Waals surface area contributed by atoms with E-state index in [9.17, 15) is 4.39 Å². The summed E-state index contributed by atoms with van der Waals surface area (Å²) in [4.78, 5) is 4.35. The van der Waals surface area contributed by atoms with Crippen molar-refractivity contribution >= 4 is 11.6 Å². The first-order valence-electron chi connectivity index (χ1n) is 6.54. The number of nitrogens with zero attached hydrogens (tertiary/aromatic N) is 2. The van der Waals surface area contributed by atoms with E-state index < -0.39 is 0 Å². The molecular weight excluding hydrogens is 277 g/mol. The van der Waals surface area contributed by atoms with E-state index in [0.29, 0.717) is 18.1 Å². The standard InChI is InChI=1S/C15H19ClFN3/c1-15(2,3)19-9-14-18-6-7-20(14)10-11-4-5-12(17)8-13(11)16/h4-8,19H,9-10H2,1-3H3. The van der Waals surface area contributed by atoms with E-state index in [0.717, 1.165) is 11.4 Å². The predicted octanol–water partition coefficient (Wildman–Crippen LogP) is 3.61. The normalized spacial score (nSPS) is 11.8. The zero-order valence-corrected chi connectivity index (χ0v) is 12.7. The van der Waals surface area contributed by atoms with Crippen molar-refractivity contribution in [2.75, 3.05) is 0 Å². The van der Waals surface area contributed by atoms with Crippen molar-refractivity contribution < 1.29 is 4.39 Å². The van der Waals surface area contributed by atoms with Gasteiger partial charge in [-0.2, -0.15) is 0 Å². The molecule has 0 atom stereocenters. The number of hydrogen-bond donors (Lipinski definition) is 1. The number of nitrogens with one attached hydrogen (secondary N) is 1. The molecule has 1 heterocycles. The Labute approximate surface area is 123 Å². The zero-order valence-electron chi connectivity index (χ0n) is 12.0. The molecule has 1 aromatic heterocycles. The van der Waals surface area contributed by atoms with E-state index in [2.05, 4.69) is 31.1 Å². The van der Waals surface area contributed by atoms with Crippen LogP contribution in [0.1, 0.15) is 32.2 Å². The second-order valence-corrected chi connectivity index (χ2v) is 6.22. The van der Waals surface area contributed by atoms with Gasteiger partial charge in [-0.15, -0.1) is 0 Å². The minimum atomic E-state index is -0.320. The molecule has 0 saturated heterocycles. The van der Waals surface area contributed by atoms with Crippen LogP contribution in [0.15, 0.2) is 30.6 Å². The molecule has 1 N–H and O–H groups in total. The maximum atomic E-state index is 13.0. The molecule has 0 aliphatic rings. The van der Waals surface area contributed by atoms with E-state index in [1.54, 1.807) is 12.3 Å². The summed E-state index contributed by atoms with van der Waals surface area (Å²) in [7, 11) is 0. The van der Waals surface area contributed by atoms with Crippen molar-refractivity contribution in [1.29, 1.82) is 0 Å². The van der Waals surface area contributed by atoms with E-state index in [1.165, 1.54) is 12.1 Å². The van der Waals surface area contributed by atoms with Crippen LogP contribution in [0.2, 0.25) is 5.02 Å². The highest BCUT2D eigenvalue weighted by atomic mass is 35.5. The van der Waals surface area contributed by atoms with Crippen LogP contribution >= 0.6 is 11.6 Å². The van der Waals surface area contributed by atoms with Gasteiger partial charge < -0.3 is 9.88 Å². The SMILES string of the molecule is CC(C)(C)NCc1nccn1Cc1ccc(F)cc1Cl. The van der Waals surface area contributed by atoms with Crippen LogP contribution in [0.4, 0.5) is 4.39 Å². The molecule has 0 unspecified atom stereocenters. The topological polar surface area (TPSA) is 29.9 Å². The summed E-state index contributed by atoms with van der Waals surface area (Å²) in [5.74, 6) is 0.610. The van der Waals surface area contributed by atoms with E-state index in [4.69, 9.17) is 11.6 Å². The van der Waals surface area contributed by atoms with Crippen LogP contribution in [0, 0.1) is 5.82 Å². The Morgan fingerprint density at radius 2 is 2.10 bits per heavy atom. The molecule has 0 aliphatic carbocycles. The monoisotopic (exact) mass is 295 g/mol. The van der Waals surface area contributed by atoms with Gasteiger partial charge in [0.05, 0.1) is 13.1 Å². The van der Waals surface area contributed by atoms with Gasteiger partial charge in [0.15, 0.2) is 0 Å². The van der Waals surface area contributed by atoms with Crippen LogP contribution in [0.5, 0.6) is 0 Å². The maximum absolute atomic E-state index is 13.0. The molecule has 5 heteroatoms. The molecule has 3 nitrogen and oxygen atoms in total. The molecule has 0 amide bonds. The van der Waals surface area contributed by atoms with Gasteiger partial charge in [0, 0.05) is 23.0 Å². The van der Waals surface area contributed by atoms with Gasteiger partial charge in [-0.3, -0.25) is 0 Å². The van der Waals surface area contributed by atoms with Crippen LogP contribution in [0.25, 0.3) is 0 Å². The second kappa shape index (κ2) is 5.94. The maximum Gasteiger partial charge on any atom is 0.124 e. The minimum Gasteiger partial charge on any atom is -0.329 e. The van der Waals surface area contributed by atoms with Gasteiger partial charge >= 0.3 is 0 Å². The molecule has 0 spiro atoms. The fraction of sp³-hybridized carbons (Fsp3) is 0.400. The van der Waals surface area contributed by atoms with Crippen LogP contribution in [0.3, 0.4) is 0 Å². The molecule has 20 heavy (non-hydrogen) atoms. The summed E-state index contributed by atoms with van der Waals surface area (Å²) < 4.78 is 15.1. The molecular formula is C15H19ClFN3. The van der Waals surface area contributed by atoms with Crippen molar-refractivity contribution in [3.8, 4) is 0 Å². The zero-order chi connectivity index (χ0) is 14.8. The smallest absolute Gasteiger partial charge is 0.124 e. The van der Waals surface area contributed by atoms with Crippen LogP contribution < -0.4 is 5.32 Å². The third kappa shape index (κ3) is 4.05. The average molecular weight is 296 g/mol. The summed E-state index contributed by atoms with van der Waals surface area (Å²) in [6.07, 6.45) is 3.66. The molecule has 2 rings (SSSR count). The fourth-order valence-electron chi connectivity index (χ4n) is 1.83. The molecule has 108 valence electrons. The van der Waals surface area contributed by atoms with Gasteiger partial charge in [-0.05, 0) is 38.5 Å². The van der Waals surface area contributed by atoms with Crippen molar-refractivity contribution in [3.05, 3.63) is 52.8 Å². The highest BCUT2D eigenvalue weighted by Gasteiger charge is 2.12. The minimum absolute atomic E-state index is 0.0320. The third-order valence-corrected chi connectivity index (χ3v) is 3.29. The largest absolute Gasteiger partial charge is 0.329 e. The van der Waals surface area contributed by atoms with Crippen LogP contribution in [-0.2, 0) is 13.1 Å². The summed E-state index contributed by atoms with van der Waals surface area (Å²) in [6, 6.07) is 4.46. The van der Waals surface area contributed by atoms with Crippen molar-refractivity contribution in [2.45, 2.75) is 39.4 Å². The van der Waals surface area contributed by atoms with Crippen molar-refractivity contribution in [1.82, 2.24) is 14.9 Å². The lowest BCUT2D eigenvalue weighted by molar-refractivity contribution is 0.413. The Balaban J connectivity index is 2.12. The van der Waals surface area contributed by atoms with Gasteiger partial charge in [-0.25, -0.2) is 9.37 Å². The summed E-state index contributed by atoms with van der Waals surface area (Å²) in [5, 5.41) is 3.84. The average Bonchev–Trinajstić information content (AvgIpc) is 2.77. The predicted molar refractivity (Wildman–Crippen MR) is 79.3 cm³/mol. The quantitative estimate of drug-likeness (QED) is 0.934. The molecule has 0 bridgehead atoms. The highest BCUT2D eigenvalue weighted by molar-refractivity contribution is 6.31. The summed E-state index contributed by atoms with van der Waals surface area (Å²) in [6.45, 7) is 7.58. The van der Waals surface area contributed by atoms with Gasteiger partial charge in [0.1, 0.15) is 11.6 Å².